The van der Waals surface area contributed by atoms with Crippen LogP contribution in [0.1, 0.15) is 12.8 Å². The fourth-order valence-corrected chi connectivity index (χ4v) is 2.10. The number of fused-ring (bicyclic) bond motifs is 1. The third-order valence-corrected chi connectivity index (χ3v) is 3.01. The van der Waals surface area contributed by atoms with Crippen LogP contribution >= 0.6 is 0 Å². The van der Waals surface area contributed by atoms with E-state index in [0.29, 0.717) is 6.04 Å². The number of rotatable bonds is 3. The number of hydrogen-bond donors (Lipinski definition) is 2. The second kappa shape index (κ2) is 4.14. The van der Waals surface area contributed by atoms with E-state index >= 15 is 0 Å². The third-order valence-electron chi connectivity index (χ3n) is 3.01. The van der Waals surface area contributed by atoms with Crippen LogP contribution in [0.2, 0.25) is 0 Å². The molecule has 3 rings (SSSR count). The molecule has 2 N–H and O–H groups in total. The van der Waals surface area contributed by atoms with Crippen molar-refractivity contribution >= 4 is 11.0 Å². The van der Waals surface area contributed by atoms with Crippen LogP contribution < -0.4 is 10.1 Å². The van der Waals surface area contributed by atoms with Crippen LogP contribution in [0.4, 0.5) is 0 Å². The Hall–Kier alpha value is -1.55. The van der Waals surface area contributed by atoms with Crippen molar-refractivity contribution in [3.63, 3.8) is 0 Å². The minimum Gasteiger partial charge on any atom is -0.492 e. The molecule has 0 bridgehead atoms. The van der Waals surface area contributed by atoms with Crippen LogP contribution in [0.15, 0.2) is 24.5 Å². The molecule has 2 aromatic rings. The second-order valence-electron chi connectivity index (χ2n) is 4.19. The molecule has 1 aromatic carbocycles. The maximum atomic E-state index is 5.76. The highest BCUT2D eigenvalue weighted by atomic mass is 16.5. The van der Waals surface area contributed by atoms with Gasteiger partial charge in [0, 0.05) is 12.1 Å². The van der Waals surface area contributed by atoms with Crippen LogP contribution in [0.25, 0.3) is 11.0 Å². The first-order valence-electron chi connectivity index (χ1n) is 5.71. The molecule has 1 aromatic heterocycles. The zero-order chi connectivity index (χ0) is 10.8. The average molecular weight is 217 g/mol. The number of benzene rings is 1. The molecule has 84 valence electrons. The van der Waals surface area contributed by atoms with Crippen LogP contribution in [-0.2, 0) is 0 Å². The summed E-state index contributed by atoms with van der Waals surface area (Å²) in [6, 6.07) is 6.45. The van der Waals surface area contributed by atoms with Gasteiger partial charge in [-0.2, -0.15) is 0 Å². The average Bonchev–Trinajstić information content (AvgIpc) is 2.97. The normalized spacial score (nSPS) is 20.4. The van der Waals surface area contributed by atoms with Crippen molar-refractivity contribution in [3.05, 3.63) is 24.5 Å². The van der Waals surface area contributed by atoms with Crippen molar-refractivity contribution in [1.82, 2.24) is 15.3 Å². The van der Waals surface area contributed by atoms with E-state index < -0.39 is 0 Å². The zero-order valence-corrected chi connectivity index (χ0v) is 9.07. The molecule has 0 spiro atoms. The molecular weight excluding hydrogens is 202 g/mol. The van der Waals surface area contributed by atoms with Gasteiger partial charge in [0.05, 0.1) is 17.4 Å². The van der Waals surface area contributed by atoms with Gasteiger partial charge in [0.2, 0.25) is 0 Å². The molecule has 1 saturated heterocycles. The molecule has 1 aliphatic rings. The van der Waals surface area contributed by atoms with E-state index in [9.17, 15) is 0 Å². The van der Waals surface area contributed by atoms with E-state index in [-0.39, 0.29) is 0 Å². The summed E-state index contributed by atoms with van der Waals surface area (Å²) in [4.78, 5) is 7.26. The number of nitrogens with zero attached hydrogens (tertiary/aromatic N) is 1. The summed E-state index contributed by atoms with van der Waals surface area (Å²) in [6.45, 7) is 1.87. The van der Waals surface area contributed by atoms with Gasteiger partial charge in [-0.25, -0.2) is 4.98 Å². The Kier molecular flexibility index (Phi) is 2.50. The van der Waals surface area contributed by atoms with Crippen molar-refractivity contribution < 1.29 is 4.74 Å². The quantitative estimate of drug-likeness (QED) is 0.822. The first-order chi connectivity index (χ1) is 7.92. The van der Waals surface area contributed by atoms with Gasteiger partial charge in [0.1, 0.15) is 12.4 Å². The summed E-state index contributed by atoms with van der Waals surface area (Å²) >= 11 is 0. The Balaban J connectivity index is 1.68. The lowest BCUT2D eigenvalue weighted by atomic mass is 10.2. The predicted octanol–water partition coefficient (Wildman–Crippen LogP) is 1.69. The van der Waals surface area contributed by atoms with Crippen molar-refractivity contribution in [3.8, 4) is 5.75 Å². The van der Waals surface area contributed by atoms with E-state index in [2.05, 4.69) is 15.3 Å². The van der Waals surface area contributed by atoms with Crippen LogP contribution in [0, 0.1) is 0 Å². The van der Waals surface area contributed by atoms with Crippen molar-refractivity contribution in [2.75, 3.05) is 13.2 Å². The molecule has 16 heavy (non-hydrogen) atoms. The van der Waals surface area contributed by atoms with Crippen LogP contribution in [0.5, 0.6) is 5.75 Å². The number of aromatic amines is 1. The molecule has 0 amide bonds. The van der Waals surface area contributed by atoms with Crippen molar-refractivity contribution in [2.45, 2.75) is 18.9 Å². The highest BCUT2D eigenvalue weighted by Crippen LogP contribution is 2.18. The maximum Gasteiger partial charge on any atom is 0.121 e. The molecule has 0 radical (unpaired) electrons. The lowest BCUT2D eigenvalue weighted by molar-refractivity contribution is 0.277. The lowest BCUT2D eigenvalue weighted by Crippen LogP contribution is -2.28. The summed E-state index contributed by atoms with van der Waals surface area (Å²) < 4.78 is 5.76. The third kappa shape index (κ3) is 1.88. The van der Waals surface area contributed by atoms with E-state index in [1.807, 2.05) is 18.2 Å². The minimum absolute atomic E-state index is 0.512. The second-order valence-corrected chi connectivity index (χ2v) is 4.19. The predicted molar refractivity (Wildman–Crippen MR) is 62.6 cm³/mol. The summed E-state index contributed by atoms with van der Waals surface area (Å²) in [6.07, 6.45) is 4.17. The molecule has 0 saturated carbocycles. The van der Waals surface area contributed by atoms with Gasteiger partial charge in [-0.1, -0.05) is 0 Å². The number of imidazole rings is 1. The number of ether oxygens (including phenoxy) is 1. The number of hydrogen-bond acceptors (Lipinski definition) is 3. The summed E-state index contributed by atoms with van der Waals surface area (Å²) in [5.41, 5.74) is 2.00. The topological polar surface area (TPSA) is 49.9 Å². The fourth-order valence-electron chi connectivity index (χ4n) is 2.10. The van der Waals surface area contributed by atoms with Crippen molar-refractivity contribution in [2.24, 2.45) is 0 Å². The smallest absolute Gasteiger partial charge is 0.121 e. The Morgan fingerprint density at radius 3 is 3.31 bits per heavy atom. The van der Waals surface area contributed by atoms with Gasteiger partial charge in [-0.15, -0.1) is 0 Å². The van der Waals surface area contributed by atoms with Crippen LogP contribution in [0.3, 0.4) is 0 Å². The van der Waals surface area contributed by atoms with Gasteiger partial charge in [-0.3, -0.25) is 0 Å². The standard InChI is InChI=1S/C12H15N3O/c1-2-9(13-5-1)7-16-10-3-4-11-12(6-10)15-8-14-11/h3-4,6,8-9,13H,1-2,5,7H2,(H,14,15). The molecule has 1 aliphatic heterocycles. The van der Waals surface area contributed by atoms with Gasteiger partial charge in [0.25, 0.3) is 0 Å². The molecule has 0 aliphatic carbocycles. The molecule has 4 nitrogen and oxygen atoms in total. The van der Waals surface area contributed by atoms with Crippen molar-refractivity contribution in [1.29, 1.82) is 0 Å². The summed E-state index contributed by atoms with van der Waals surface area (Å²) in [5, 5.41) is 3.41. The number of aromatic nitrogens is 2. The molecule has 2 heterocycles. The SMILES string of the molecule is c1nc2ccc(OCC3CCCN3)cc2[nH]1. The highest BCUT2D eigenvalue weighted by Gasteiger charge is 2.14. The Bertz CT molecular complexity index is 474. The summed E-state index contributed by atoms with van der Waals surface area (Å²) in [5.74, 6) is 0.908. The molecule has 1 fully saturated rings. The number of H-pyrrole nitrogens is 1. The summed E-state index contributed by atoms with van der Waals surface area (Å²) in [7, 11) is 0. The first kappa shape index (κ1) is 9.66. The van der Waals surface area contributed by atoms with Gasteiger partial charge in [-0.05, 0) is 31.5 Å². The van der Waals surface area contributed by atoms with E-state index in [1.54, 1.807) is 6.33 Å². The fraction of sp³-hybridized carbons (Fsp3) is 0.417. The molecule has 4 heteroatoms. The largest absolute Gasteiger partial charge is 0.492 e. The molecule has 1 unspecified atom stereocenters. The Morgan fingerprint density at radius 1 is 1.44 bits per heavy atom. The van der Waals surface area contributed by atoms with Crippen LogP contribution in [-0.4, -0.2) is 29.2 Å². The zero-order valence-electron chi connectivity index (χ0n) is 9.07. The van der Waals surface area contributed by atoms with E-state index in [1.165, 1.54) is 12.8 Å². The highest BCUT2D eigenvalue weighted by molar-refractivity contribution is 5.75. The number of nitrogens with one attached hydrogen (secondary N) is 2. The lowest BCUT2D eigenvalue weighted by Gasteiger charge is -2.11. The maximum absolute atomic E-state index is 5.76. The van der Waals surface area contributed by atoms with E-state index in [0.717, 1.165) is 29.9 Å². The molecule has 1 atom stereocenters. The minimum atomic E-state index is 0.512. The van der Waals surface area contributed by atoms with Gasteiger partial charge >= 0.3 is 0 Å². The Morgan fingerprint density at radius 2 is 2.44 bits per heavy atom. The van der Waals surface area contributed by atoms with Gasteiger partial charge in [0.15, 0.2) is 0 Å². The first-order valence-corrected chi connectivity index (χ1v) is 5.71. The van der Waals surface area contributed by atoms with E-state index in [4.69, 9.17) is 4.74 Å². The molecular formula is C12H15N3O. The Labute approximate surface area is 94.0 Å². The van der Waals surface area contributed by atoms with Gasteiger partial charge < -0.3 is 15.0 Å². The monoisotopic (exact) mass is 217 g/mol.